The second-order valence-corrected chi connectivity index (χ2v) is 8.90. The lowest BCUT2D eigenvalue weighted by Crippen LogP contribution is -2.03. The number of thioether (sulfide) groups is 1. The number of rotatable bonds is 6. The van der Waals surface area contributed by atoms with Crippen molar-refractivity contribution in [3.8, 4) is 0 Å². The van der Waals surface area contributed by atoms with Crippen LogP contribution in [0.2, 0.25) is 5.02 Å². The second kappa shape index (κ2) is 9.62. The summed E-state index contributed by atoms with van der Waals surface area (Å²) in [6, 6.07) is 21.8. The van der Waals surface area contributed by atoms with Crippen molar-refractivity contribution in [2.24, 2.45) is 0 Å². The van der Waals surface area contributed by atoms with Crippen LogP contribution in [-0.2, 0) is 6.42 Å². The van der Waals surface area contributed by atoms with Gasteiger partial charge in [0.25, 0.3) is 0 Å². The molecular formula is C22H19ClINOS. The molecule has 0 aliphatic heterocycles. The molecule has 0 aliphatic rings. The SMILES string of the molecule is Cc1cc(I)ccc1Nc1ccc(Cl)cc1C(=O)SCCc1ccccc1. The molecule has 0 saturated heterocycles. The normalized spacial score (nSPS) is 10.6. The maximum absolute atomic E-state index is 12.8. The molecule has 1 N–H and O–H groups in total. The van der Waals surface area contributed by atoms with Gasteiger partial charge >= 0.3 is 0 Å². The Labute approximate surface area is 182 Å². The molecule has 0 saturated carbocycles. The van der Waals surface area contributed by atoms with Crippen molar-refractivity contribution in [2.45, 2.75) is 13.3 Å². The van der Waals surface area contributed by atoms with Crippen LogP contribution >= 0.6 is 46.0 Å². The topological polar surface area (TPSA) is 29.1 Å². The number of carbonyl (C=O) groups is 1. The van der Waals surface area contributed by atoms with Crippen LogP contribution in [0.5, 0.6) is 0 Å². The molecule has 0 radical (unpaired) electrons. The molecule has 0 atom stereocenters. The summed E-state index contributed by atoms with van der Waals surface area (Å²) in [5, 5.41) is 3.98. The summed E-state index contributed by atoms with van der Waals surface area (Å²) in [6.07, 6.45) is 0.858. The van der Waals surface area contributed by atoms with Crippen molar-refractivity contribution < 1.29 is 4.79 Å². The average Bonchev–Trinajstić information content (AvgIpc) is 2.66. The van der Waals surface area contributed by atoms with Gasteiger partial charge in [-0.25, -0.2) is 0 Å². The van der Waals surface area contributed by atoms with E-state index in [1.807, 2.05) is 36.4 Å². The maximum atomic E-state index is 12.8. The number of benzene rings is 3. The second-order valence-electron chi connectivity index (χ2n) is 6.15. The Bertz CT molecular complexity index is 946. The number of hydrogen-bond donors (Lipinski definition) is 1. The third kappa shape index (κ3) is 5.74. The number of hydrogen-bond acceptors (Lipinski definition) is 3. The first-order valence-electron chi connectivity index (χ1n) is 8.57. The van der Waals surface area contributed by atoms with Crippen LogP contribution in [0.15, 0.2) is 66.7 Å². The zero-order valence-electron chi connectivity index (χ0n) is 14.8. The van der Waals surface area contributed by atoms with Crippen molar-refractivity contribution in [1.82, 2.24) is 0 Å². The Kier molecular flexibility index (Phi) is 7.21. The Morgan fingerprint density at radius 3 is 2.52 bits per heavy atom. The minimum atomic E-state index is 0.0269. The Morgan fingerprint density at radius 2 is 1.78 bits per heavy atom. The fourth-order valence-corrected chi connectivity index (χ4v) is 4.36. The van der Waals surface area contributed by atoms with Gasteiger partial charge in [0, 0.05) is 20.0 Å². The summed E-state index contributed by atoms with van der Waals surface area (Å²) in [6.45, 7) is 2.05. The van der Waals surface area contributed by atoms with Gasteiger partial charge < -0.3 is 5.32 Å². The molecule has 0 fully saturated rings. The van der Waals surface area contributed by atoms with Gasteiger partial charge in [0.15, 0.2) is 0 Å². The predicted molar refractivity (Wildman–Crippen MR) is 126 cm³/mol. The van der Waals surface area contributed by atoms with Crippen LogP contribution in [-0.4, -0.2) is 10.9 Å². The number of anilines is 2. The molecule has 3 aromatic carbocycles. The highest BCUT2D eigenvalue weighted by atomic mass is 127. The zero-order chi connectivity index (χ0) is 19.2. The van der Waals surface area contributed by atoms with Crippen LogP contribution in [0, 0.1) is 10.5 Å². The highest BCUT2D eigenvalue weighted by Gasteiger charge is 2.14. The molecule has 0 aromatic heterocycles. The molecule has 0 spiro atoms. The Hall–Kier alpha value is -1.50. The molecule has 2 nitrogen and oxygen atoms in total. The van der Waals surface area contributed by atoms with Crippen molar-refractivity contribution in [3.63, 3.8) is 0 Å². The lowest BCUT2D eigenvalue weighted by molar-refractivity contribution is 0.108. The number of halogens is 2. The molecular weight excluding hydrogens is 489 g/mol. The van der Waals surface area contributed by atoms with Gasteiger partial charge in [-0.15, -0.1) is 0 Å². The van der Waals surface area contributed by atoms with Gasteiger partial charge in [-0.1, -0.05) is 53.7 Å². The fraction of sp³-hybridized carbons (Fsp3) is 0.136. The highest BCUT2D eigenvalue weighted by molar-refractivity contribution is 14.1. The number of carbonyl (C=O) groups excluding carboxylic acids is 1. The van der Waals surface area contributed by atoms with Crippen molar-refractivity contribution >= 4 is 62.4 Å². The van der Waals surface area contributed by atoms with E-state index in [0.29, 0.717) is 10.6 Å². The number of nitrogens with one attached hydrogen (secondary N) is 1. The highest BCUT2D eigenvalue weighted by Crippen LogP contribution is 2.29. The minimum Gasteiger partial charge on any atom is -0.355 e. The van der Waals surface area contributed by atoms with Crippen molar-refractivity contribution in [2.75, 3.05) is 11.1 Å². The van der Waals surface area contributed by atoms with Gasteiger partial charge in [-0.3, -0.25) is 4.79 Å². The first kappa shape index (κ1) is 20.2. The van der Waals surface area contributed by atoms with Gasteiger partial charge in [-0.2, -0.15) is 0 Å². The first-order chi connectivity index (χ1) is 13.0. The van der Waals surface area contributed by atoms with Crippen LogP contribution in [0.25, 0.3) is 0 Å². The van der Waals surface area contributed by atoms with Gasteiger partial charge in [0.1, 0.15) is 0 Å². The van der Waals surface area contributed by atoms with Crippen molar-refractivity contribution in [3.05, 3.63) is 92.0 Å². The van der Waals surface area contributed by atoms with E-state index in [4.69, 9.17) is 11.6 Å². The molecule has 27 heavy (non-hydrogen) atoms. The van der Waals surface area contributed by atoms with E-state index in [2.05, 4.69) is 53.0 Å². The molecule has 0 aliphatic carbocycles. The van der Waals surface area contributed by atoms with E-state index in [0.717, 1.165) is 29.1 Å². The number of aryl methyl sites for hydroxylation is 2. The van der Waals surface area contributed by atoms with Gasteiger partial charge in [0.2, 0.25) is 5.12 Å². The fourth-order valence-electron chi connectivity index (χ4n) is 2.69. The first-order valence-corrected chi connectivity index (χ1v) is 11.0. The minimum absolute atomic E-state index is 0.0269. The molecule has 0 amide bonds. The van der Waals surface area contributed by atoms with E-state index in [9.17, 15) is 4.79 Å². The van der Waals surface area contributed by atoms with Crippen LogP contribution < -0.4 is 5.32 Å². The summed E-state index contributed by atoms with van der Waals surface area (Å²) >= 11 is 9.77. The average molecular weight is 508 g/mol. The Balaban J connectivity index is 1.74. The van der Waals surface area contributed by atoms with Crippen LogP contribution in [0.4, 0.5) is 11.4 Å². The molecule has 3 aromatic rings. The van der Waals surface area contributed by atoms with Crippen LogP contribution in [0.3, 0.4) is 0 Å². The van der Waals surface area contributed by atoms with Crippen molar-refractivity contribution in [1.29, 1.82) is 0 Å². The Morgan fingerprint density at radius 1 is 1.04 bits per heavy atom. The summed E-state index contributed by atoms with van der Waals surface area (Å²) < 4.78 is 1.18. The quantitative estimate of drug-likeness (QED) is 0.360. The lowest BCUT2D eigenvalue weighted by Gasteiger charge is -2.14. The van der Waals surface area contributed by atoms with E-state index >= 15 is 0 Å². The third-order valence-corrected chi connectivity index (χ3v) is 5.92. The van der Waals surface area contributed by atoms with E-state index in [1.165, 1.54) is 20.9 Å². The predicted octanol–water partition coefficient (Wildman–Crippen LogP) is 7.11. The molecule has 0 bridgehead atoms. The largest absolute Gasteiger partial charge is 0.355 e. The monoisotopic (exact) mass is 507 g/mol. The molecule has 0 heterocycles. The van der Waals surface area contributed by atoms with E-state index in [-0.39, 0.29) is 5.12 Å². The smallest absolute Gasteiger partial charge is 0.221 e. The van der Waals surface area contributed by atoms with Crippen LogP contribution in [0.1, 0.15) is 21.5 Å². The van der Waals surface area contributed by atoms with Gasteiger partial charge in [-0.05, 0) is 83.5 Å². The van der Waals surface area contributed by atoms with Gasteiger partial charge in [0.05, 0.1) is 11.3 Å². The third-order valence-electron chi connectivity index (χ3n) is 4.13. The summed E-state index contributed by atoms with van der Waals surface area (Å²) in [7, 11) is 0. The summed E-state index contributed by atoms with van der Waals surface area (Å²) in [5.41, 5.74) is 4.74. The zero-order valence-corrected chi connectivity index (χ0v) is 18.6. The summed E-state index contributed by atoms with van der Waals surface area (Å²) in [4.78, 5) is 12.8. The standard InChI is InChI=1S/C22H19ClINOS/c1-15-13-18(24)8-10-20(15)25-21-9-7-17(23)14-19(21)22(26)27-12-11-16-5-3-2-4-6-16/h2-10,13-14,25H,11-12H2,1H3. The molecule has 138 valence electrons. The molecule has 5 heteroatoms. The maximum Gasteiger partial charge on any atom is 0.221 e. The van der Waals surface area contributed by atoms with E-state index < -0.39 is 0 Å². The molecule has 0 unspecified atom stereocenters. The van der Waals surface area contributed by atoms with E-state index in [1.54, 1.807) is 12.1 Å². The lowest BCUT2D eigenvalue weighted by atomic mass is 10.1. The summed E-state index contributed by atoms with van der Waals surface area (Å²) in [5.74, 6) is 0.733. The molecule has 3 rings (SSSR count).